The number of rotatable bonds is 4. The second kappa shape index (κ2) is 13.1. The zero-order chi connectivity index (χ0) is 32.3. The maximum atomic E-state index is 12.4. The van der Waals surface area contributed by atoms with Crippen LogP contribution >= 0.6 is 11.3 Å². The largest absolute Gasteiger partial charge is 0.360 e. The SMILES string of the molecule is Cc1ccc2c(c1)C(=O)NC(c1ccc(-c3ccccc3C)cc1)C2.O=C1NC(c2cc(-c3ccccc3)cs2)Nc2ccccc21. The number of benzene rings is 5. The molecular formula is C41H35N3O2S. The second-order valence-electron chi connectivity index (χ2n) is 12.0. The van der Waals surface area contributed by atoms with Gasteiger partial charge < -0.3 is 16.0 Å². The summed E-state index contributed by atoms with van der Waals surface area (Å²) < 4.78 is 0. The molecule has 0 saturated carbocycles. The summed E-state index contributed by atoms with van der Waals surface area (Å²) in [6, 6.07) is 43.1. The summed E-state index contributed by atoms with van der Waals surface area (Å²) in [4.78, 5) is 25.7. The summed E-state index contributed by atoms with van der Waals surface area (Å²) in [5.41, 5.74) is 11.9. The van der Waals surface area contributed by atoms with E-state index in [2.05, 4.69) is 107 Å². The molecule has 47 heavy (non-hydrogen) atoms. The Kier molecular flexibility index (Phi) is 8.42. The standard InChI is InChI=1S/C23H21NO.C18H14N2OS/c1-15-7-8-19-14-22(24-23(25)21(19)13-15)18-11-9-17(10-12-18)20-6-4-3-5-16(20)2;21-18-14-8-4-5-9-15(14)19-17(20-18)16-10-13(11-22-16)12-6-2-1-3-7-12/h3-13,22H,14H2,1-2H3,(H,24,25);1-11,17,19H,(H,20,21). The van der Waals surface area contributed by atoms with Crippen LogP contribution in [0, 0.1) is 13.8 Å². The second-order valence-corrected chi connectivity index (χ2v) is 13.0. The number of hydrogen-bond acceptors (Lipinski definition) is 4. The van der Waals surface area contributed by atoms with Crippen LogP contribution in [0.3, 0.4) is 0 Å². The van der Waals surface area contributed by atoms with Crippen molar-refractivity contribution < 1.29 is 9.59 Å². The van der Waals surface area contributed by atoms with Crippen molar-refractivity contribution in [2.45, 2.75) is 32.5 Å². The van der Waals surface area contributed by atoms with E-state index >= 15 is 0 Å². The number of thiophene rings is 1. The summed E-state index contributed by atoms with van der Waals surface area (Å²) in [5, 5.41) is 11.7. The number of amides is 2. The first kappa shape index (κ1) is 30.2. The highest BCUT2D eigenvalue weighted by atomic mass is 32.1. The van der Waals surface area contributed by atoms with Crippen molar-refractivity contribution >= 4 is 28.8 Å². The number of hydrogen-bond donors (Lipinski definition) is 3. The normalized spacial score (nSPS) is 16.4. The lowest BCUT2D eigenvalue weighted by molar-refractivity contribution is 0.0920. The summed E-state index contributed by atoms with van der Waals surface area (Å²) in [6.45, 7) is 4.15. The van der Waals surface area contributed by atoms with Gasteiger partial charge >= 0.3 is 0 Å². The molecule has 8 rings (SSSR count). The number of para-hydroxylation sites is 1. The molecule has 3 N–H and O–H groups in total. The third-order valence-electron chi connectivity index (χ3n) is 8.77. The smallest absolute Gasteiger partial charge is 0.255 e. The minimum atomic E-state index is -0.176. The van der Waals surface area contributed by atoms with E-state index in [0.717, 1.165) is 39.2 Å². The van der Waals surface area contributed by atoms with Gasteiger partial charge in [0, 0.05) is 16.1 Å². The van der Waals surface area contributed by atoms with Crippen molar-refractivity contribution in [3.05, 3.63) is 171 Å². The maximum absolute atomic E-state index is 12.4. The Balaban J connectivity index is 0.000000151. The van der Waals surface area contributed by atoms with Crippen LogP contribution in [0.15, 0.2) is 133 Å². The molecular weight excluding hydrogens is 599 g/mol. The number of fused-ring (bicyclic) bond motifs is 2. The van der Waals surface area contributed by atoms with Gasteiger partial charge in [-0.15, -0.1) is 11.3 Å². The Bertz CT molecular complexity index is 2070. The molecule has 5 aromatic carbocycles. The number of anilines is 1. The number of nitrogens with one attached hydrogen (secondary N) is 3. The minimum absolute atomic E-state index is 0.0259. The van der Waals surface area contributed by atoms with Crippen LogP contribution in [-0.4, -0.2) is 11.8 Å². The quantitative estimate of drug-likeness (QED) is 0.181. The third kappa shape index (κ3) is 6.46. The molecule has 0 radical (unpaired) electrons. The predicted molar refractivity (Wildman–Crippen MR) is 192 cm³/mol. The van der Waals surface area contributed by atoms with Gasteiger partial charge in [-0.25, -0.2) is 0 Å². The fourth-order valence-corrected chi connectivity index (χ4v) is 7.13. The van der Waals surface area contributed by atoms with Gasteiger partial charge in [-0.2, -0.15) is 0 Å². The van der Waals surface area contributed by atoms with Gasteiger partial charge in [0.05, 0.1) is 11.6 Å². The van der Waals surface area contributed by atoms with E-state index in [1.54, 1.807) is 11.3 Å². The van der Waals surface area contributed by atoms with Crippen molar-refractivity contribution in [3.8, 4) is 22.3 Å². The highest BCUT2D eigenvalue weighted by molar-refractivity contribution is 7.10. The van der Waals surface area contributed by atoms with E-state index in [1.807, 2.05) is 55.5 Å². The first-order chi connectivity index (χ1) is 22.9. The summed E-state index contributed by atoms with van der Waals surface area (Å²) in [5.74, 6) is -0.00746. The molecule has 6 aromatic rings. The maximum Gasteiger partial charge on any atom is 0.255 e. The molecule has 0 fully saturated rings. The van der Waals surface area contributed by atoms with Crippen molar-refractivity contribution in [3.63, 3.8) is 0 Å². The predicted octanol–water partition coefficient (Wildman–Crippen LogP) is 9.27. The van der Waals surface area contributed by atoms with Crippen LogP contribution in [-0.2, 0) is 6.42 Å². The Morgan fingerprint density at radius 1 is 0.596 bits per heavy atom. The zero-order valence-electron chi connectivity index (χ0n) is 26.3. The number of aryl methyl sites for hydroxylation is 2. The van der Waals surface area contributed by atoms with Gasteiger partial charge in [-0.05, 0) is 88.9 Å². The Morgan fingerprint density at radius 3 is 2.09 bits per heavy atom. The summed E-state index contributed by atoms with van der Waals surface area (Å²) in [6.07, 6.45) is 0.662. The average Bonchev–Trinajstić information content (AvgIpc) is 3.60. The van der Waals surface area contributed by atoms with Gasteiger partial charge in [0.25, 0.3) is 11.8 Å². The highest BCUT2D eigenvalue weighted by Gasteiger charge is 2.26. The Labute approximate surface area is 279 Å². The molecule has 5 nitrogen and oxygen atoms in total. The molecule has 0 saturated heterocycles. The van der Waals surface area contributed by atoms with E-state index in [-0.39, 0.29) is 24.0 Å². The van der Waals surface area contributed by atoms with Crippen LogP contribution in [0.2, 0.25) is 0 Å². The molecule has 2 aliphatic rings. The molecule has 6 heteroatoms. The monoisotopic (exact) mass is 633 g/mol. The minimum Gasteiger partial charge on any atom is -0.360 e. The van der Waals surface area contributed by atoms with E-state index in [9.17, 15) is 9.59 Å². The van der Waals surface area contributed by atoms with E-state index in [0.29, 0.717) is 5.56 Å². The van der Waals surface area contributed by atoms with Gasteiger partial charge in [0.2, 0.25) is 0 Å². The molecule has 2 unspecified atom stereocenters. The molecule has 0 spiro atoms. The molecule has 1 aromatic heterocycles. The van der Waals surface area contributed by atoms with Crippen LogP contribution in [0.25, 0.3) is 22.3 Å². The summed E-state index contributed by atoms with van der Waals surface area (Å²) >= 11 is 1.65. The van der Waals surface area contributed by atoms with Crippen molar-refractivity contribution in [1.29, 1.82) is 0 Å². The van der Waals surface area contributed by atoms with Crippen molar-refractivity contribution in [2.75, 3.05) is 5.32 Å². The Morgan fingerprint density at radius 2 is 1.30 bits per heavy atom. The van der Waals surface area contributed by atoms with E-state index < -0.39 is 0 Å². The molecule has 232 valence electrons. The fourth-order valence-electron chi connectivity index (χ4n) is 6.22. The molecule has 2 atom stereocenters. The average molecular weight is 634 g/mol. The van der Waals surface area contributed by atoms with Crippen LogP contribution < -0.4 is 16.0 Å². The lowest BCUT2D eigenvalue weighted by Crippen LogP contribution is -2.37. The van der Waals surface area contributed by atoms with Crippen LogP contribution in [0.5, 0.6) is 0 Å². The first-order valence-electron chi connectivity index (χ1n) is 15.8. The third-order valence-corrected chi connectivity index (χ3v) is 9.76. The first-order valence-corrected chi connectivity index (χ1v) is 16.7. The molecule has 0 aliphatic carbocycles. The van der Waals surface area contributed by atoms with E-state index in [4.69, 9.17) is 0 Å². The highest BCUT2D eigenvalue weighted by Crippen LogP contribution is 2.33. The lowest BCUT2D eigenvalue weighted by Gasteiger charge is -2.26. The van der Waals surface area contributed by atoms with Crippen LogP contribution in [0.1, 0.15) is 60.1 Å². The lowest BCUT2D eigenvalue weighted by atomic mass is 9.89. The molecule has 0 bridgehead atoms. The topological polar surface area (TPSA) is 70.2 Å². The van der Waals surface area contributed by atoms with Gasteiger partial charge in [-0.1, -0.05) is 109 Å². The molecule has 3 heterocycles. The molecule has 2 aliphatic heterocycles. The van der Waals surface area contributed by atoms with Crippen molar-refractivity contribution in [2.24, 2.45) is 0 Å². The summed E-state index contributed by atoms with van der Waals surface area (Å²) in [7, 11) is 0. The van der Waals surface area contributed by atoms with Crippen LogP contribution in [0.4, 0.5) is 5.69 Å². The number of carbonyl (C=O) groups is 2. The van der Waals surface area contributed by atoms with Gasteiger partial charge in [0.15, 0.2) is 0 Å². The van der Waals surface area contributed by atoms with E-state index in [1.165, 1.54) is 27.8 Å². The zero-order valence-corrected chi connectivity index (χ0v) is 27.1. The van der Waals surface area contributed by atoms with Crippen molar-refractivity contribution in [1.82, 2.24) is 10.6 Å². The Hall–Kier alpha value is -5.46. The molecule has 2 amide bonds. The fraction of sp³-hybridized carbons (Fsp3) is 0.122. The number of carbonyl (C=O) groups excluding carboxylic acids is 2. The van der Waals surface area contributed by atoms with Gasteiger partial charge in [-0.3, -0.25) is 9.59 Å². The van der Waals surface area contributed by atoms with Gasteiger partial charge in [0.1, 0.15) is 6.17 Å².